The van der Waals surface area contributed by atoms with Gasteiger partial charge in [-0.05, 0) is 44.9 Å². The van der Waals surface area contributed by atoms with E-state index in [0.717, 1.165) is 44.9 Å². The fourth-order valence-electron chi connectivity index (χ4n) is 4.68. The maximum absolute atomic E-state index is 12.8. The van der Waals surface area contributed by atoms with Gasteiger partial charge in [0, 0.05) is 6.54 Å². The van der Waals surface area contributed by atoms with Crippen LogP contribution >= 0.6 is 0 Å². The Kier molecular flexibility index (Phi) is 12.6. The largest absolute Gasteiger partial charge is 0.475 e. The van der Waals surface area contributed by atoms with E-state index in [-0.39, 0.29) is 24.5 Å². The third-order valence-corrected chi connectivity index (χ3v) is 6.64. The molecule has 0 radical (unpaired) electrons. The molecule has 33 heavy (non-hydrogen) atoms. The number of nitrogens with one attached hydrogen (secondary N) is 2. The van der Waals surface area contributed by atoms with E-state index in [1.165, 1.54) is 30.6 Å². The van der Waals surface area contributed by atoms with Crippen LogP contribution in [0.2, 0.25) is 0 Å². The van der Waals surface area contributed by atoms with Gasteiger partial charge in [-0.25, -0.2) is 4.79 Å². The van der Waals surface area contributed by atoms with E-state index in [4.69, 9.17) is 4.74 Å². The van der Waals surface area contributed by atoms with E-state index < -0.39 is 25.2 Å². The number of alkyl carbamates (subject to hydrolysis) is 1. The molecule has 2 atom stereocenters. The van der Waals surface area contributed by atoms with E-state index in [2.05, 4.69) is 17.6 Å². The summed E-state index contributed by atoms with van der Waals surface area (Å²) in [7, 11) is -1.65. The van der Waals surface area contributed by atoms with Crippen molar-refractivity contribution in [3.05, 3.63) is 0 Å². The van der Waals surface area contributed by atoms with E-state index in [0.29, 0.717) is 25.8 Å². The molecule has 2 unspecified atom stereocenters. The van der Waals surface area contributed by atoms with E-state index in [9.17, 15) is 24.4 Å². The Labute approximate surface area is 198 Å². The summed E-state index contributed by atoms with van der Waals surface area (Å²) in [4.78, 5) is 38.8. The average molecular weight is 467 g/mol. The molecule has 0 aromatic carbocycles. The molecule has 1 aliphatic carbocycles. The molecular formula is C23H42BN3O6. The molecule has 2 fully saturated rings. The summed E-state index contributed by atoms with van der Waals surface area (Å²) in [5, 5.41) is 24.6. The van der Waals surface area contributed by atoms with Gasteiger partial charge in [0.05, 0.1) is 5.94 Å². The van der Waals surface area contributed by atoms with Crippen molar-refractivity contribution in [1.82, 2.24) is 15.5 Å². The Morgan fingerprint density at radius 2 is 1.67 bits per heavy atom. The van der Waals surface area contributed by atoms with E-state index >= 15 is 0 Å². The summed E-state index contributed by atoms with van der Waals surface area (Å²) in [6.45, 7) is 2.39. The Bertz CT molecular complexity index is 615. The molecule has 1 saturated heterocycles. The maximum atomic E-state index is 12.8. The minimum atomic E-state index is -1.65. The van der Waals surface area contributed by atoms with Crippen molar-refractivity contribution in [3.63, 3.8) is 0 Å². The highest BCUT2D eigenvalue weighted by Gasteiger charge is 2.36. The van der Waals surface area contributed by atoms with Crippen LogP contribution in [0.4, 0.5) is 4.79 Å². The predicted octanol–water partition coefficient (Wildman–Crippen LogP) is 2.28. The lowest BCUT2D eigenvalue weighted by atomic mass is 9.76. The molecule has 1 saturated carbocycles. The molecule has 0 aromatic heterocycles. The lowest BCUT2D eigenvalue weighted by molar-refractivity contribution is -0.137. The minimum absolute atomic E-state index is 0.0800. The van der Waals surface area contributed by atoms with E-state index in [1.54, 1.807) is 0 Å². The Hall–Kier alpha value is -1.81. The monoisotopic (exact) mass is 467 g/mol. The third-order valence-electron chi connectivity index (χ3n) is 6.64. The molecule has 10 heteroatoms. The van der Waals surface area contributed by atoms with Crippen LogP contribution in [0.1, 0.15) is 96.8 Å². The van der Waals surface area contributed by atoms with Gasteiger partial charge in [0.15, 0.2) is 0 Å². The molecule has 1 heterocycles. The SMILES string of the molecule is CCCCCCCCCC(NC(=O)C1CCCN1C(=O)CNC(=O)OC1CCCC1)B(O)O. The van der Waals surface area contributed by atoms with Crippen LogP contribution in [0.25, 0.3) is 0 Å². The van der Waals surface area contributed by atoms with Gasteiger partial charge in [-0.2, -0.15) is 0 Å². The average Bonchev–Trinajstić information content (AvgIpc) is 3.48. The zero-order valence-corrected chi connectivity index (χ0v) is 20.1. The van der Waals surface area contributed by atoms with Crippen molar-refractivity contribution >= 4 is 25.0 Å². The van der Waals surface area contributed by atoms with Gasteiger partial charge in [0.2, 0.25) is 11.8 Å². The summed E-state index contributed by atoms with van der Waals surface area (Å²) in [6.07, 6.45) is 12.5. The Morgan fingerprint density at radius 1 is 1.00 bits per heavy atom. The maximum Gasteiger partial charge on any atom is 0.475 e. The standard InChI is InChI=1S/C23H42BN3O6/c1-2-3-4-5-6-7-8-15-20(24(31)32)26-22(29)19-14-11-16-27(19)21(28)17-25-23(30)33-18-12-9-10-13-18/h18-20,31-32H,2-17H2,1H3,(H,25,30)(H,26,29). The molecule has 0 aromatic rings. The number of rotatable bonds is 14. The first-order chi connectivity index (χ1) is 15.9. The highest BCUT2D eigenvalue weighted by Crippen LogP contribution is 2.21. The number of hydrogen-bond acceptors (Lipinski definition) is 6. The number of hydrogen-bond donors (Lipinski definition) is 4. The van der Waals surface area contributed by atoms with Gasteiger partial charge < -0.3 is 30.3 Å². The molecule has 0 bridgehead atoms. The van der Waals surface area contributed by atoms with Gasteiger partial charge in [0.1, 0.15) is 18.7 Å². The van der Waals surface area contributed by atoms with Crippen LogP contribution < -0.4 is 10.6 Å². The van der Waals surface area contributed by atoms with Gasteiger partial charge in [-0.15, -0.1) is 0 Å². The van der Waals surface area contributed by atoms with Crippen LogP contribution in [0.3, 0.4) is 0 Å². The zero-order valence-electron chi connectivity index (χ0n) is 20.1. The second-order valence-electron chi connectivity index (χ2n) is 9.35. The first-order valence-corrected chi connectivity index (χ1v) is 12.8. The number of unbranched alkanes of at least 4 members (excludes halogenated alkanes) is 6. The molecule has 3 amide bonds. The molecule has 2 rings (SSSR count). The molecule has 0 spiro atoms. The highest BCUT2D eigenvalue weighted by molar-refractivity contribution is 6.43. The first kappa shape index (κ1) is 27.4. The van der Waals surface area contributed by atoms with Crippen molar-refractivity contribution in [1.29, 1.82) is 0 Å². The predicted molar refractivity (Wildman–Crippen MR) is 126 cm³/mol. The van der Waals surface area contributed by atoms with Crippen molar-refractivity contribution in [2.45, 2.75) is 115 Å². The second-order valence-corrected chi connectivity index (χ2v) is 9.35. The first-order valence-electron chi connectivity index (χ1n) is 12.8. The number of likely N-dealkylation sites (tertiary alicyclic amines) is 1. The number of amides is 3. The fraction of sp³-hybridized carbons (Fsp3) is 0.870. The van der Waals surface area contributed by atoms with Crippen LogP contribution in [-0.4, -0.2) is 71.2 Å². The zero-order chi connectivity index (χ0) is 24.1. The smallest absolute Gasteiger partial charge is 0.446 e. The summed E-state index contributed by atoms with van der Waals surface area (Å²) < 4.78 is 5.30. The van der Waals surface area contributed by atoms with Gasteiger partial charge in [0.25, 0.3) is 0 Å². The van der Waals surface area contributed by atoms with Crippen LogP contribution in [0.15, 0.2) is 0 Å². The van der Waals surface area contributed by atoms with Gasteiger partial charge in [-0.3, -0.25) is 9.59 Å². The molecule has 4 N–H and O–H groups in total. The topological polar surface area (TPSA) is 128 Å². The summed E-state index contributed by atoms with van der Waals surface area (Å²) in [6, 6.07) is -0.666. The van der Waals surface area contributed by atoms with Crippen LogP contribution in [0.5, 0.6) is 0 Å². The van der Waals surface area contributed by atoms with Crippen molar-refractivity contribution < 1.29 is 29.2 Å². The Morgan fingerprint density at radius 3 is 2.33 bits per heavy atom. The number of nitrogens with zero attached hydrogens (tertiary/aromatic N) is 1. The van der Waals surface area contributed by atoms with Crippen molar-refractivity contribution in [2.75, 3.05) is 13.1 Å². The quantitative estimate of drug-likeness (QED) is 0.229. The summed E-state index contributed by atoms with van der Waals surface area (Å²) in [5.41, 5.74) is 0. The number of ether oxygens (including phenoxy) is 1. The van der Waals surface area contributed by atoms with Crippen LogP contribution in [-0.2, 0) is 14.3 Å². The van der Waals surface area contributed by atoms with Gasteiger partial charge in [-0.1, -0.05) is 51.9 Å². The van der Waals surface area contributed by atoms with E-state index in [1.807, 2.05) is 0 Å². The molecule has 1 aliphatic heterocycles. The third kappa shape index (κ3) is 9.92. The second kappa shape index (κ2) is 15.2. The molecular weight excluding hydrogens is 425 g/mol. The van der Waals surface area contributed by atoms with Crippen molar-refractivity contribution in [3.8, 4) is 0 Å². The van der Waals surface area contributed by atoms with Gasteiger partial charge >= 0.3 is 13.2 Å². The summed E-state index contributed by atoms with van der Waals surface area (Å²) in [5.74, 6) is -1.48. The van der Waals surface area contributed by atoms with Crippen LogP contribution in [0, 0.1) is 0 Å². The molecule has 188 valence electrons. The minimum Gasteiger partial charge on any atom is -0.446 e. The highest BCUT2D eigenvalue weighted by atomic mass is 16.6. The molecule has 9 nitrogen and oxygen atoms in total. The number of carbonyl (C=O) groups excluding carboxylic acids is 3. The van der Waals surface area contributed by atoms with Crippen molar-refractivity contribution in [2.24, 2.45) is 0 Å². The number of carbonyl (C=O) groups is 3. The lowest BCUT2D eigenvalue weighted by Crippen LogP contribution is -2.54. The summed E-state index contributed by atoms with van der Waals surface area (Å²) >= 11 is 0. The fourth-order valence-corrected chi connectivity index (χ4v) is 4.68. The Balaban J connectivity index is 1.73. The molecule has 2 aliphatic rings. The lowest BCUT2D eigenvalue weighted by Gasteiger charge is -2.26. The normalized spacial score (nSPS) is 19.4.